The number of carbonyl (C=O) groups is 2. The number of hydrogen-bond acceptors (Lipinski definition) is 3. The smallest absolute Gasteiger partial charge is 0.410 e. The van der Waals surface area contributed by atoms with Crippen molar-refractivity contribution in [2.45, 2.75) is 39.3 Å². The van der Waals surface area contributed by atoms with Crippen molar-refractivity contribution >= 4 is 12.0 Å². The van der Waals surface area contributed by atoms with Crippen LogP contribution >= 0.6 is 0 Å². The second-order valence-electron chi connectivity index (χ2n) is 5.60. The van der Waals surface area contributed by atoms with E-state index in [1.807, 2.05) is 30.3 Å². The lowest BCUT2D eigenvalue weighted by molar-refractivity contribution is -0.118. The fourth-order valence-corrected chi connectivity index (χ4v) is 1.61. The van der Waals surface area contributed by atoms with Crippen molar-refractivity contribution in [3.63, 3.8) is 0 Å². The Kier molecular flexibility index (Phi) is 5.55. The van der Waals surface area contributed by atoms with Crippen LogP contribution in [0.5, 0.6) is 0 Å². The second-order valence-corrected chi connectivity index (χ2v) is 5.60. The zero-order valence-electron chi connectivity index (χ0n) is 12.3. The summed E-state index contributed by atoms with van der Waals surface area (Å²) in [6, 6.07) is 9.54. The van der Waals surface area contributed by atoms with Gasteiger partial charge in [-0.05, 0) is 26.3 Å². The summed E-state index contributed by atoms with van der Waals surface area (Å²) in [6.45, 7) is 6.06. The summed E-state index contributed by atoms with van der Waals surface area (Å²) >= 11 is 0. The molecule has 0 saturated heterocycles. The van der Waals surface area contributed by atoms with Gasteiger partial charge >= 0.3 is 6.09 Å². The monoisotopic (exact) mass is 278 g/mol. The minimum absolute atomic E-state index is 0.117. The van der Waals surface area contributed by atoms with Crippen LogP contribution in [0.1, 0.15) is 32.8 Å². The average molecular weight is 278 g/mol. The molecule has 0 heterocycles. The zero-order chi connectivity index (χ0) is 15.2. The minimum atomic E-state index is -0.571. The molecule has 5 nitrogen and oxygen atoms in total. The van der Waals surface area contributed by atoms with Crippen molar-refractivity contribution in [2.24, 2.45) is 5.73 Å². The highest BCUT2D eigenvalue weighted by atomic mass is 16.6. The Balaban J connectivity index is 2.74. The maximum Gasteiger partial charge on any atom is 0.410 e. The molecule has 0 unspecified atom stereocenters. The van der Waals surface area contributed by atoms with E-state index in [0.29, 0.717) is 6.54 Å². The molecule has 2 amide bonds. The van der Waals surface area contributed by atoms with E-state index >= 15 is 0 Å². The van der Waals surface area contributed by atoms with Crippen LogP contribution in [0.3, 0.4) is 0 Å². The van der Waals surface area contributed by atoms with Gasteiger partial charge in [0.15, 0.2) is 0 Å². The molecule has 1 rings (SSSR count). The largest absolute Gasteiger partial charge is 0.444 e. The van der Waals surface area contributed by atoms with Gasteiger partial charge in [0.25, 0.3) is 0 Å². The van der Waals surface area contributed by atoms with E-state index < -0.39 is 17.6 Å². The van der Waals surface area contributed by atoms with Crippen molar-refractivity contribution in [1.82, 2.24) is 4.90 Å². The Bertz CT molecular complexity index is 452. The van der Waals surface area contributed by atoms with E-state index in [9.17, 15) is 9.59 Å². The van der Waals surface area contributed by atoms with E-state index in [4.69, 9.17) is 10.5 Å². The van der Waals surface area contributed by atoms with Crippen LogP contribution in [0.2, 0.25) is 0 Å². The molecule has 0 radical (unpaired) electrons. The summed E-state index contributed by atoms with van der Waals surface area (Å²) in [5.41, 5.74) is 5.55. The quantitative estimate of drug-likeness (QED) is 0.898. The van der Waals surface area contributed by atoms with Crippen molar-refractivity contribution in [3.8, 4) is 0 Å². The van der Waals surface area contributed by atoms with Crippen LogP contribution in [0.4, 0.5) is 4.79 Å². The lowest BCUT2D eigenvalue weighted by Gasteiger charge is -2.27. The summed E-state index contributed by atoms with van der Waals surface area (Å²) in [4.78, 5) is 24.5. The summed E-state index contributed by atoms with van der Waals surface area (Å²) in [6.07, 6.45) is -0.325. The van der Waals surface area contributed by atoms with Gasteiger partial charge < -0.3 is 15.4 Å². The van der Waals surface area contributed by atoms with E-state index in [2.05, 4.69) is 0 Å². The fourth-order valence-electron chi connectivity index (χ4n) is 1.61. The summed E-state index contributed by atoms with van der Waals surface area (Å²) < 4.78 is 5.34. The van der Waals surface area contributed by atoms with Gasteiger partial charge in [0.05, 0.1) is 0 Å². The Morgan fingerprint density at radius 3 is 2.30 bits per heavy atom. The number of benzene rings is 1. The molecule has 0 atom stereocenters. The first-order valence-electron chi connectivity index (χ1n) is 6.58. The zero-order valence-corrected chi connectivity index (χ0v) is 12.3. The van der Waals surface area contributed by atoms with Gasteiger partial charge in [-0.25, -0.2) is 4.79 Å². The first kappa shape index (κ1) is 16.0. The molecule has 0 fully saturated rings. The predicted octanol–water partition coefficient (Wildman–Crippen LogP) is 2.30. The Hall–Kier alpha value is -2.04. The first-order valence-corrected chi connectivity index (χ1v) is 6.58. The van der Waals surface area contributed by atoms with Gasteiger partial charge in [-0.1, -0.05) is 30.3 Å². The third-order valence-electron chi connectivity index (χ3n) is 2.50. The number of nitrogens with zero attached hydrogens (tertiary/aromatic N) is 1. The summed E-state index contributed by atoms with van der Waals surface area (Å²) in [7, 11) is 0. The lowest BCUT2D eigenvalue weighted by Crippen LogP contribution is -2.38. The average Bonchev–Trinajstić information content (AvgIpc) is 2.33. The van der Waals surface area contributed by atoms with Crippen LogP contribution in [0.15, 0.2) is 30.3 Å². The van der Waals surface area contributed by atoms with Crippen LogP contribution in [0, 0.1) is 0 Å². The van der Waals surface area contributed by atoms with Gasteiger partial charge in [0.1, 0.15) is 5.60 Å². The molecule has 1 aromatic rings. The third-order valence-corrected chi connectivity index (χ3v) is 2.50. The van der Waals surface area contributed by atoms with E-state index in [1.54, 1.807) is 20.8 Å². The molecule has 0 aromatic heterocycles. The number of rotatable bonds is 5. The molecule has 2 N–H and O–H groups in total. The number of hydrogen-bond donors (Lipinski definition) is 1. The van der Waals surface area contributed by atoms with E-state index in [0.717, 1.165) is 5.56 Å². The Labute approximate surface area is 119 Å². The van der Waals surface area contributed by atoms with Crippen molar-refractivity contribution in [1.29, 1.82) is 0 Å². The number of amides is 2. The molecule has 1 aromatic carbocycles. The SMILES string of the molecule is CC(C)(C)OC(=O)N(CCC(N)=O)Cc1ccccc1. The summed E-state index contributed by atoms with van der Waals surface area (Å²) in [5.74, 6) is -0.438. The molecule has 0 spiro atoms. The molecular formula is C15H22N2O3. The highest BCUT2D eigenvalue weighted by Gasteiger charge is 2.22. The fraction of sp³-hybridized carbons (Fsp3) is 0.467. The Morgan fingerprint density at radius 2 is 1.80 bits per heavy atom. The number of nitrogens with two attached hydrogens (primary N) is 1. The second kappa shape index (κ2) is 6.93. The number of ether oxygens (including phenoxy) is 1. The highest BCUT2D eigenvalue weighted by Crippen LogP contribution is 2.13. The molecule has 110 valence electrons. The summed E-state index contributed by atoms with van der Waals surface area (Å²) in [5, 5.41) is 0. The molecule has 0 bridgehead atoms. The predicted molar refractivity (Wildman–Crippen MR) is 76.9 cm³/mol. The van der Waals surface area contributed by atoms with Crippen molar-refractivity contribution in [3.05, 3.63) is 35.9 Å². The normalized spacial score (nSPS) is 10.9. The van der Waals surface area contributed by atoms with Gasteiger partial charge in [-0.3, -0.25) is 4.79 Å². The van der Waals surface area contributed by atoms with E-state index in [1.165, 1.54) is 4.90 Å². The van der Waals surface area contributed by atoms with Crippen molar-refractivity contribution in [2.75, 3.05) is 6.54 Å². The minimum Gasteiger partial charge on any atom is -0.444 e. The number of primary amides is 1. The maximum absolute atomic E-state index is 12.1. The molecule has 0 aliphatic heterocycles. The van der Waals surface area contributed by atoms with Gasteiger partial charge in [-0.15, -0.1) is 0 Å². The van der Waals surface area contributed by atoms with Gasteiger partial charge in [0.2, 0.25) is 5.91 Å². The standard InChI is InChI=1S/C15H22N2O3/c1-15(2,3)20-14(19)17(10-9-13(16)18)11-12-7-5-4-6-8-12/h4-8H,9-11H2,1-3H3,(H2,16,18). The molecule has 20 heavy (non-hydrogen) atoms. The lowest BCUT2D eigenvalue weighted by atomic mass is 10.2. The topological polar surface area (TPSA) is 72.6 Å². The van der Waals surface area contributed by atoms with Crippen LogP contribution in [0.25, 0.3) is 0 Å². The molecular weight excluding hydrogens is 256 g/mol. The molecule has 0 aliphatic rings. The molecule has 0 saturated carbocycles. The van der Waals surface area contributed by atoms with Crippen LogP contribution in [-0.4, -0.2) is 29.0 Å². The molecule has 5 heteroatoms. The van der Waals surface area contributed by atoms with Crippen LogP contribution in [-0.2, 0) is 16.1 Å². The number of carbonyl (C=O) groups excluding carboxylic acids is 2. The van der Waals surface area contributed by atoms with Gasteiger partial charge in [-0.2, -0.15) is 0 Å². The first-order chi connectivity index (χ1) is 9.28. The van der Waals surface area contributed by atoms with Gasteiger partial charge in [0, 0.05) is 19.5 Å². The Morgan fingerprint density at radius 1 is 1.20 bits per heavy atom. The van der Waals surface area contributed by atoms with E-state index in [-0.39, 0.29) is 13.0 Å². The highest BCUT2D eigenvalue weighted by molar-refractivity contribution is 5.75. The molecule has 0 aliphatic carbocycles. The maximum atomic E-state index is 12.1. The third kappa shape index (κ3) is 6.22. The van der Waals surface area contributed by atoms with Crippen molar-refractivity contribution < 1.29 is 14.3 Å². The van der Waals surface area contributed by atoms with Crippen LogP contribution < -0.4 is 5.73 Å².